The standard InChI is InChI=1S/C19H17F3N2O3S/c20-19(21,22)27-16-7-5-15(6-8-16)17(25)10-24-18(26)12-28-11-14-3-1-13(9-23)2-4-14/h1-8,17,25H,10-12H2,(H,24,26). The van der Waals surface area contributed by atoms with Crippen molar-refractivity contribution in [1.29, 1.82) is 5.26 Å². The summed E-state index contributed by atoms with van der Waals surface area (Å²) < 4.78 is 40.1. The van der Waals surface area contributed by atoms with Gasteiger partial charge < -0.3 is 15.2 Å². The van der Waals surface area contributed by atoms with Crippen LogP contribution in [0.4, 0.5) is 13.2 Å². The normalized spacial score (nSPS) is 12.1. The SMILES string of the molecule is N#Cc1ccc(CSCC(=O)NCC(O)c2ccc(OC(F)(F)F)cc2)cc1. The van der Waals surface area contributed by atoms with Crippen molar-refractivity contribution in [1.82, 2.24) is 5.32 Å². The molecule has 2 N–H and O–H groups in total. The summed E-state index contributed by atoms with van der Waals surface area (Å²) in [6.07, 6.45) is -5.82. The molecule has 2 aromatic rings. The Hall–Kier alpha value is -2.70. The van der Waals surface area contributed by atoms with E-state index in [0.717, 1.165) is 17.7 Å². The summed E-state index contributed by atoms with van der Waals surface area (Å²) in [5.41, 5.74) is 1.91. The molecule has 1 atom stereocenters. The molecule has 0 radical (unpaired) electrons. The molecule has 9 heteroatoms. The van der Waals surface area contributed by atoms with E-state index in [2.05, 4.69) is 10.1 Å². The van der Waals surface area contributed by atoms with Crippen LogP contribution in [-0.2, 0) is 10.5 Å². The smallest absolute Gasteiger partial charge is 0.406 e. The number of halogens is 3. The summed E-state index contributed by atoms with van der Waals surface area (Å²) >= 11 is 1.38. The molecule has 2 aromatic carbocycles. The molecule has 148 valence electrons. The van der Waals surface area contributed by atoms with Crippen LogP contribution in [0, 0.1) is 11.3 Å². The maximum absolute atomic E-state index is 12.1. The number of alkyl halides is 3. The van der Waals surface area contributed by atoms with Crippen molar-refractivity contribution in [2.45, 2.75) is 18.2 Å². The summed E-state index contributed by atoms with van der Waals surface area (Å²) in [5, 5.41) is 21.4. The van der Waals surface area contributed by atoms with Crippen LogP contribution in [0.15, 0.2) is 48.5 Å². The number of carbonyl (C=O) groups is 1. The zero-order valence-electron chi connectivity index (χ0n) is 14.6. The van der Waals surface area contributed by atoms with Crippen molar-refractivity contribution in [3.05, 3.63) is 65.2 Å². The second-order valence-electron chi connectivity index (χ2n) is 5.74. The number of nitrogens with zero attached hydrogens (tertiary/aromatic N) is 1. The van der Waals surface area contributed by atoms with Crippen LogP contribution in [0.2, 0.25) is 0 Å². The molecule has 0 fully saturated rings. The predicted molar refractivity (Wildman–Crippen MR) is 98.4 cm³/mol. The zero-order valence-corrected chi connectivity index (χ0v) is 15.4. The quantitative estimate of drug-likeness (QED) is 0.696. The third kappa shape index (κ3) is 7.50. The van der Waals surface area contributed by atoms with Crippen LogP contribution in [0.1, 0.15) is 22.8 Å². The summed E-state index contributed by atoms with van der Waals surface area (Å²) in [4.78, 5) is 11.8. The fourth-order valence-electron chi connectivity index (χ4n) is 2.21. The average molecular weight is 410 g/mol. The number of benzene rings is 2. The summed E-state index contributed by atoms with van der Waals surface area (Å²) in [7, 11) is 0. The third-order valence-electron chi connectivity index (χ3n) is 3.58. The Kier molecular flexibility index (Phi) is 7.72. The molecule has 0 bridgehead atoms. The molecule has 1 unspecified atom stereocenters. The lowest BCUT2D eigenvalue weighted by Crippen LogP contribution is -2.29. The number of carbonyl (C=O) groups excluding carboxylic acids is 1. The Morgan fingerprint density at radius 1 is 1.18 bits per heavy atom. The van der Waals surface area contributed by atoms with Gasteiger partial charge in [0.15, 0.2) is 0 Å². The van der Waals surface area contributed by atoms with E-state index in [1.54, 1.807) is 12.1 Å². The maximum Gasteiger partial charge on any atom is 0.573 e. The highest BCUT2D eigenvalue weighted by molar-refractivity contribution is 7.99. The molecule has 0 aliphatic rings. The van der Waals surface area contributed by atoms with Gasteiger partial charge in [-0.25, -0.2) is 0 Å². The molecule has 0 aliphatic carbocycles. The first kappa shape index (κ1) is 21.6. The molecular formula is C19H17F3N2O3S. The number of thioether (sulfide) groups is 1. The van der Waals surface area contributed by atoms with Crippen LogP contribution in [-0.4, -0.2) is 29.7 Å². The lowest BCUT2D eigenvalue weighted by atomic mass is 10.1. The van der Waals surface area contributed by atoms with Crippen molar-refractivity contribution in [2.24, 2.45) is 0 Å². The predicted octanol–water partition coefficient (Wildman–Crippen LogP) is 3.54. The Morgan fingerprint density at radius 3 is 2.39 bits per heavy atom. The molecule has 0 aliphatic heterocycles. The van der Waals surface area contributed by atoms with Crippen molar-refractivity contribution in [2.75, 3.05) is 12.3 Å². The third-order valence-corrected chi connectivity index (χ3v) is 4.58. The second kappa shape index (κ2) is 10.0. The minimum Gasteiger partial charge on any atom is -0.406 e. The number of nitrogens with one attached hydrogen (secondary N) is 1. The van der Waals surface area contributed by atoms with E-state index < -0.39 is 12.5 Å². The Morgan fingerprint density at radius 2 is 1.82 bits per heavy atom. The minimum atomic E-state index is -4.77. The van der Waals surface area contributed by atoms with E-state index in [0.29, 0.717) is 16.9 Å². The molecule has 1 amide bonds. The first-order valence-electron chi connectivity index (χ1n) is 8.14. The highest BCUT2D eigenvalue weighted by Crippen LogP contribution is 2.24. The fraction of sp³-hybridized carbons (Fsp3) is 0.263. The van der Waals surface area contributed by atoms with E-state index in [9.17, 15) is 23.1 Å². The van der Waals surface area contributed by atoms with Crippen LogP contribution >= 0.6 is 11.8 Å². The van der Waals surface area contributed by atoms with E-state index in [4.69, 9.17) is 5.26 Å². The Labute approximate surface area is 164 Å². The number of nitriles is 1. The molecule has 28 heavy (non-hydrogen) atoms. The highest BCUT2D eigenvalue weighted by atomic mass is 32.2. The van der Waals surface area contributed by atoms with Crippen molar-refractivity contribution in [3.63, 3.8) is 0 Å². The molecular weight excluding hydrogens is 393 g/mol. The monoisotopic (exact) mass is 410 g/mol. The molecule has 0 saturated heterocycles. The number of amides is 1. The molecule has 0 saturated carbocycles. The van der Waals surface area contributed by atoms with Gasteiger partial charge in [-0.1, -0.05) is 24.3 Å². The van der Waals surface area contributed by atoms with Gasteiger partial charge in [0, 0.05) is 12.3 Å². The lowest BCUT2D eigenvalue weighted by molar-refractivity contribution is -0.274. The first-order valence-corrected chi connectivity index (χ1v) is 9.29. The number of hydrogen-bond donors (Lipinski definition) is 2. The van der Waals surface area contributed by atoms with Crippen molar-refractivity contribution < 1.29 is 27.8 Å². The molecule has 0 spiro atoms. The first-order chi connectivity index (χ1) is 13.3. The number of aliphatic hydroxyl groups excluding tert-OH is 1. The lowest BCUT2D eigenvalue weighted by Gasteiger charge is -2.14. The van der Waals surface area contributed by atoms with E-state index in [1.807, 2.05) is 18.2 Å². The summed E-state index contributed by atoms with van der Waals surface area (Å²) in [6, 6.07) is 13.9. The molecule has 5 nitrogen and oxygen atoms in total. The fourth-order valence-corrected chi connectivity index (χ4v) is 3.03. The maximum atomic E-state index is 12.1. The topological polar surface area (TPSA) is 82.4 Å². The van der Waals surface area contributed by atoms with Crippen LogP contribution in [0.25, 0.3) is 0 Å². The number of aliphatic hydroxyl groups is 1. The van der Waals surface area contributed by atoms with Gasteiger partial charge in [-0.05, 0) is 35.4 Å². The molecule has 0 aromatic heterocycles. The van der Waals surface area contributed by atoms with Crippen LogP contribution < -0.4 is 10.1 Å². The average Bonchev–Trinajstić information content (AvgIpc) is 2.66. The van der Waals surface area contributed by atoms with Gasteiger partial charge in [0.2, 0.25) is 5.91 Å². The summed E-state index contributed by atoms with van der Waals surface area (Å²) in [5.74, 6) is 0.134. The van der Waals surface area contributed by atoms with Gasteiger partial charge >= 0.3 is 6.36 Å². The van der Waals surface area contributed by atoms with Crippen LogP contribution in [0.3, 0.4) is 0 Å². The van der Waals surface area contributed by atoms with Gasteiger partial charge in [-0.15, -0.1) is 24.9 Å². The van der Waals surface area contributed by atoms with Gasteiger partial charge in [0.25, 0.3) is 0 Å². The van der Waals surface area contributed by atoms with E-state index >= 15 is 0 Å². The summed E-state index contributed by atoms with van der Waals surface area (Å²) in [6.45, 7) is -0.0598. The number of rotatable bonds is 8. The zero-order chi connectivity index (χ0) is 20.6. The largest absolute Gasteiger partial charge is 0.573 e. The van der Waals surface area contributed by atoms with Gasteiger partial charge in [-0.2, -0.15) is 5.26 Å². The van der Waals surface area contributed by atoms with Gasteiger partial charge in [-0.3, -0.25) is 4.79 Å². The van der Waals surface area contributed by atoms with Crippen LogP contribution in [0.5, 0.6) is 5.75 Å². The van der Waals surface area contributed by atoms with Gasteiger partial charge in [0.1, 0.15) is 5.75 Å². The Bertz CT molecular complexity index is 818. The molecule has 0 heterocycles. The highest BCUT2D eigenvalue weighted by Gasteiger charge is 2.31. The number of ether oxygens (including phenoxy) is 1. The number of hydrogen-bond acceptors (Lipinski definition) is 5. The second-order valence-corrected chi connectivity index (χ2v) is 6.72. The van der Waals surface area contributed by atoms with Crippen molar-refractivity contribution >= 4 is 17.7 Å². The van der Waals surface area contributed by atoms with Gasteiger partial charge in [0.05, 0.1) is 23.5 Å². The van der Waals surface area contributed by atoms with Crippen molar-refractivity contribution in [3.8, 4) is 11.8 Å². The Balaban J connectivity index is 1.72. The molecule has 2 rings (SSSR count). The minimum absolute atomic E-state index is 0.0598. The van der Waals surface area contributed by atoms with E-state index in [1.165, 1.54) is 23.9 Å². The van der Waals surface area contributed by atoms with E-state index in [-0.39, 0.29) is 24.0 Å².